The van der Waals surface area contributed by atoms with Crippen molar-refractivity contribution in [1.29, 1.82) is 0 Å². The fourth-order valence-corrected chi connectivity index (χ4v) is 0.653. The van der Waals surface area contributed by atoms with Crippen molar-refractivity contribution in [3.8, 4) is 0 Å². The molecule has 0 radical (unpaired) electrons. The fraction of sp³-hybridized carbons (Fsp3) is 0.583. The summed E-state index contributed by atoms with van der Waals surface area (Å²) in [7, 11) is 0. The van der Waals surface area contributed by atoms with Crippen molar-refractivity contribution in [3.05, 3.63) is 12.2 Å². The SMILES string of the molecule is C=C(C)C(=O)OC(=O)CC(C)=O.OCCCCO. The number of Topliss-reactive ketones (excluding diaryl/α,β-unsaturated/α-hetero) is 1. The summed E-state index contributed by atoms with van der Waals surface area (Å²) in [6.07, 6.45) is 1.06. The number of aliphatic hydroxyl groups excluding tert-OH is 2. The van der Waals surface area contributed by atoms with Gasteiger partial charge in [0.2, 0.25) is 0 Å². The molecule has 6 heteroatoms. The zero-order valence-corrected chi connectivity index (χ0v) is 10.8. The average molecular weight is 260 g/mol. The standard InChI is InChI=1S/C8H10O4.C4H10O2/c1-5(2)8(11)12-7(10)4-6(3)9;5-3-1-2-4-6/h1,4H2,2-3H3;5-6H,1-4H2. The Morgan fingerprint density at radius 3 is 1.78 bits per heavy atom. The van der Waals surface area contributed by atoms with Crippen LogP contribution in [0.15, 0.2) is 12.2 Å². The van der Waals surface area contributed by atoms with Crippen molar-refractivity contribution in [3.63, 3.8) is 0 Å². The van der Waals surface area contributed by atoms with Crippen LogP contribution in [0, 0.1) is 0 Å². The van der Waals surface area contributed by atoms with E-state index in [1.807, 2.05) is 0 Å². The van der Waals surface area contributed by atoms with Crippen LogP contribution in [0.2, 0.25) is 0 Å². The number of carbonyl (C=O) groups is 3. The highest BCUT2D eigenvalue weighted by Crippen LogP contribution is 1.95. The van der Waals surface area contributed by atoms with Crippen LogP contribution in [0.1, 0.15) is 33.1 Å². The molecule has 0 aliphatic rings. The molecule has 0 unspecified atom stereocenters. The third kappa shape index (κ3) is 14.5. The minimum Gasteiger partial charge on any atom is -0.396 e. The molecule has 0 aromatic heterocycles. The number of ketones is 1. The van der Waals surface area contributed by atoms with Crippen LogP contribution in [-0.4, -0.2) is 41.1 Å². The normalized spacial score (nSPS) is 8.89. The van der Waals surface area contributed by atoms with Crippen LogP contribution in [0.4, 0.5) is 0 Å². The molecule has 0 aromatic carbocycles. The molecule has 0 bridgehead atoms. The summed E-state index contributed by atoms with van der Waals surface area (Å²) in [5.41, 5.74) is 0.131. The lowest BCUT2D eigenvalue weighted by atomic mass is 10.3. The Morgan fingerprint density at radius 2 is 1.50 bits per heavy atom. The number of hydrogen-bond acceptors (Lipinski definition) is 6. The van der Waals surface area contributed by atoms with Gasteiger partial charge in [-0.2, -0.15) is 0 Å². The van der Waals surface area contributed by atoms with E-state index in [0.29, 0.717) is 0 Å². The van der Waals surface area contributed by atoms with Gasteiger partial charge in [-0.3, -0.25) is 9.59 Å². The van der Waals surface area contributed by atoms with Crippen LogP contribution in [0.5, 0.6) is 0 Å². The van der Waals surface area contributed by atoms with Gasteiger partial charge in [-0.1, -0.05) is 6.58 Å². The number of carbonyl (C=O) groups excluding carboxylic acids is 3. The molecular weight excluding hydrogens is 240 g/mol. The Morgan fingerprint density at radius 1 is 1.06 bits per heavy atom. The van der Waals surface area contributed by atoms with E-state index in [2.05, 4.69) is 11.3 Å². The molecule has 0 aromatic rings. The Hall–Kier alpha value is -1.53. The van der Waals surface area contributed by atoms with E-state index in [0.717, 1.165) is 12.8 Å². The van der Waals surface area contributed by atoms with Gasteiger partial charge < -0.3 is 14.9 Å². The summed E-state index contributed by atoms with van der Waals surface area (Å²) in [6, 6.07) is 0. The topological polar surface area (TPSA) is 101 Å². The van der Waals surface area contributed by atoms with Gasteiger partial charge in [-0.15, -0.1) is 0 Å². The molecular formula is C12H20O6. The lowest BCUT2D eigenvalue weighted by molar-refractivity contribution is -0.157. The van der Waals surface area contributed by atoms with Gasteiger partial charge in [0, 0.05) is 18.8 Å². The van der Waals surface area contributed by atoms with Crippen LogP contribution in [0.25, 0.3) is 0 Å². The molecule has 2 N–H and O–H groups in total. The first-order valence-electron chi connectivity index (χ1n) is 5.46. The van der Waals surface area contributed by atoms with Crippen molar-refractivity contribution in [1.82, 2.24) is 0 Å². The second kappa shape index (κ2) is 11.9. The summed E-state index contributed by atoms with van der Waals surface area (Å²) in [6.45, 7) is 6.33. The molecule has 0 spiro atoms. The Balaban J connectivity index is 0. The maximum atomic E-state index is 10.7. The molecule has 0 amide bonds. The molecule has 6 nitrogen and oxygen atoms in total. The van der Waals surface area contributed by atoms with Gasteiger partial charge in [0.25, 0.3) is 0 Å². The maximum absolute atomic E-state index is 10.7. The van der Waals surface area contributed by atoms with E-state index in [-0.39, 0.29) is 31.0 Å². The van der Waals surface area contributed by atoms with E-state index < -0.39 is 11.9 Å². The smallest absolute Gasteiger partial charge is 0.340 e. The number of esters is 2. The Labute approximate surface area is 106 Å². The zero-order valence-electron chi connectivity index (χ0n) is 10.8. The van der Waals surface area contributed by atoms with Crippen LogP contribution in [-0.2, 0) is 19.1 Å². The maximum Gasteiger partial charge on any atom is 0.340 e. The molecule has 0 fully saturated rings. The molecule has 0 saturated heterocycles. The summed E-state index contributed by atoms with van der Waals surface area (Å²) in [4.78, 5) is 31.7. The van der Waals surface area contributed by atoms with Crippen molar-refractivity contribution >= 4 is 17.7 Å². The van der Waals surface area contributed by atoms with Gasteiger partial charge in [0.1, 0.15) is 12.2 Å². The number of ether oxygens (including phenoxy) is 1. The third-order valence-corrected chi connectivity index (χ3v) is 1.51. The zero-order chi connectivity index (χ0) is 14.6. The van der Waals surface area contributed by atoms with Crippen LogP contribution in [0.3, 0.4) is 0 Å². The van der Waals surface area contributed by atoms with E-state index >= 15 is 0 Å². The van der Waals surface area contributed by atoms with Crippen molar-refractivity contribution in [2.75, 3.05) is 13.2 Å². The molecule has 0 saturated carbocycles. The molecule has 0 rings (SSSR count). The summed E-state index contributed by atoms with van der Waals surface area (Å²) < 4.78 is 4.22. The van der Waals surface area contributed by atoms with Gasteiger partial charge in [-0.25, -0.2) is 4.79 Å². The molecule has 0 aliphatic heterocycles. The fourth-order valence-electron chi connectivity index (χ4n) is 0.653. The minimum atomic E-state index is -0.838. The molecule has 0 heterocycles. The Bertz CT molecular complexity index is 291. The van der Waals surface area contributed by atoms with Crippen LogP contribution < -0.4 is 0 Å². The molecule has 104 valence electrons. The second-order valence-electron chi connectivity index (χ2n) is 3.57. The van der Waals surface area contributed by atoms with Gasteiger partial charge in [-0.05, 0) is 26.7 Å². The highest BCUT2D eigenvalue weighted by atomic mass is 16.6. The lowest BCUT2D eigenvalue weighted by Gasteiger charge is -1.99. The third-order valence-electron chi connectivity index (χ3n) is 1.51. The summed E-state index contributed by atoms with van der Waals surface area (Å²) in [5.74, 6) is -1.97. The van der Waals surface area contributed by atoms with Gasteiger partial charge in [0.05, 0.1) is 0 Å². The molecule has 0 atom stereocenters. The lowest BCUT2D eigenvalue weighted by Crippen LogP contribution is -2.14. The first-order chi connectivity index (χ1) is 8.34. The predicted molar refractivity (Wildman–Crippen MR) is 64.6 cm³/mol. The number of hydrogen-bond donors (Lipinski definition) is 2. The van der Waals surface area contributed by atoms with Gasteiger partial charge in [0.15, 0.2) is 0 Å². The van der Waals surface area contributed by atoms with E-state index in [4.69, 9.17) is 10.2 Å². The van der Waals surface area contributed by atoms with Crippen molar-refractivity contribution in [2.45, 2.75) is 33.1 Å². The summed E-state index contributed by atoms with van der Waals surface area (Å²) in [5, 5.41) is 16.2. The Kier molecular flexibility index (Phi) is 12.5. The van der Waals surface area contributed by atoms with Gasteiger partial charge >= 0.3 is 11.9 Å². The quantitative estimate of drug-likeness (QED) is 0.309. The molecule has 0 aliphatic carbocycles. The van der Waals surface area contributed by atoms with Crippen molar-refractivity contribution < 1.29 is 29.3 Å². The van der Waals surface area contributed by atoms with E-state index in [1.54, 1.807) is 0 Å². The number of rotatable bonds is 6. The van der Waals surface area contributed by atoms with E-state index in [1.165, 1.54) is 13.8 Å². The first-order valence-corrected chi connectivity index (χ1v) is 5.46. The summed E-state index contributed by atoms with van der Waals surface area (Å²) >= 11 is 0. The highest BCUT2D eigenvalue weighted by Gasteiger charge is 2.12. The second-order valence-corrected chi connectivity index (χ2v) is 3.57. The molecule has 18 heavy (non-hydrogen) atoms. The van der Waals surface area contributed by atoms with E-state index in [9.17, 15) is 14.4 Å². The highest BCUT2D eigenvalue weighted by molar-refractivity contribution is 6.01. The number of aliphatic hydroxyl groups is 2. The van der Waals surface area contributed by atoms with Crippen molar-refractivity contribution in [2.24, 2.45) is 0 Å². The monoisotopic (exact) mass is 260 g/mol. The predicted octanol–water partition coefficient (Wildman–Crippen LogP) is 0.363. The minimum absolute atomic E-state index is 0.131. The average Bonchev–Trinajstić information content (AvgIpc) is 2.25. The van der Waals surface area contributed by atoms with Crippen LogP contribution >= 0.6 is 0 Å². The first kappa shape index (κ1) is 18.8. The number of unbranched alkanes of at least 4 members (excludes halogenated alkanes) is 1. The largest absolute Gasteiger partial charge is 0.396 e.